The number of ketones is 1. The van der Waals surface area contributed by atoms with Crippen LogP contribution in [0.4, 0.5) is 0 Å². The zero-order valence-electron chi connectivity index (χ0n) is 10.1. The number of carbonyl (C=O) groups is 2. The topological polar surface area (TPSA) is 82.9 Å². The Bertz CT molecular complexity index is 321. The molecule has 0 heterocycles. The van der Waals surface area contributed by atoms with Crippen molar-refractivity contribution >= 4 is 23.2 Å². The SMILES string of the molecule is CC(=O)CN=C(C)N/N=C(\C)CNC(C)=O. The minimum absolute atomic E-state index is 0.0000906. The van der Waals surface area contributed by atoms with Crippen LogP contribution in [-0.4, -0.2) is 36.3 Å². The lowest BCUT2D eigenvalue weighted by Crippen LogP contribution is -2.27. The molecule has 0 unspecified atom stereocenters. The maximum atomic E-state index is 10.6. The zero-order chi connectivity index (χ0) is 12.6. The molecular weight excluding hydrogens is 208 g/mol. The molecule has 0 fully saturated rings. The van der Waals surface area contributed by atoms with E-state index in [0.717, 1.165) is 5.71 Å². The highest BCUT2D eigenvalue weighted by atomic mass is 16.1. The van der Waals surface area contributed by atoms with Gasteiger partial charge in [0.1, 0.15) is 5.84 Å². The molecule has 0 aromatic rings. The van der Waals surface area contributed by atoms with Gasteiger partial charge in [-0.25, -0.2) is 0 Å². The summed E-state index contributed by atoms with van der Waals surface area (Å²) in [6.45, 7) is 6.96. The maximum Gasteiger partial charge on any atom is 0.217 e. The molecule has 0 aromatic carbocycles. The van der Waals surface area contributed by atoms with Gasteiger partial charge in [-0.3, -0.25) is 20.0 Å². The molecule has 0 rings (SSSR count). The highest BCUT2D eigenvalue weighted by molar-refractivity contribution is 5.89. The summed E-state index contributed by atoms with van der Waals surface area (Å²) in [6, 6.07) is 0. The largest absolute Gasteiger partial charge is 0.351 e. The summed E-state index contributed by atoms with van der Waals surface area (Å²) in [4.78, 5) is 25.2. The third-order valence-electron chi connectivity index (χ3n) is 1.54. The summed E-state index contributed by atoms with van der Waals surface area (Å²) in [6.07, 6.45) is 0. The second-order valence-corrected chi connectivity index (χ2v) is 3.47. The van der Waals surface area contributed by atoms with Crippen molar-refractivity contribution in [2.24, 2.45) is 10.1 Å². The molecule has 1 amide bonds. The molecule has 0 aliphatic rings. The number of hydrazone groups is 1. The lowest BCUT2D eigenvalue weighted by Gasteiger charge is -2.03. The van der Waals surface area contributed by atoms with E-state index in [4.69, 9.17) is 0 Å². The minimum Gasteiger partial charge on any atom is -0.351 e. The number of nitrogens with one attached hydrogen (secondary N) is 2. The predicted octanol–water partition coefficient (Wildman–Crippen LogP) is 0.0954. The van der Waals surface area contributed by atoms with Crippen LogP contribution in [0, 0.1) is 0 Å². The molecule has 0 aromatic heterocycles. The number of rotatable bonds is 5. The van der Waals surface area contributed by atoms with Gasteiger partial charge < -0.3 is 5.32 Å². The van der Waals surface area contributed by atoms with E-state index >= 15 is 0 Å². The van der Waals surface area contributed by atoms with E-state index in [1.165, 1.54) is 13.8 Å². The molecule has 6 heteroatoms. The number of aliphatic imine (C=N–C) groups is 1. The molecule has 0 spiro atoms. The van der Waals surface area contributed by atoms with Crippen LogP contribution in [0.15, 0.2) is 10.1 Å². The standard InChI is InChI=1S/C10H18N4O2/c1-7(5-12-10(4)16)13-14-9(3)11-6-8(2)15/h5-6H2,1-4H3,(H,11,14)(H,12,16)/b13-7+. The second-order valence-electron chi connectivity index (χ2n) is 3.47. The Kier molecular flexibility index (Phi) is 6.74. The van der Waals surface area contributed by atoms with Gasteiger partial charge in [-0.2, -0.15) is 5.10 Å². The van der Waals surface area contributed by atoms with Crippen molar-refractivity contribution < 1.29 is 9.59 Å². The molecule has 6 nitrogen and oxygen atoms in total. The quantitative estimate of drug-likeness (QED) is 0.396. The molecule has 0 saturated carbocycles. The van der Waals surface area contributed by atoms with Crippen molar-refractivity contribution in [3.8, 4) is 0 Å². The predicted molar refractivity (Wildman–Crippen MR) is 63.6 cm³/mol. The monoisotopic (exact) mass is 226 g/mol. The number of amidine groups is 1. The fourth-order valence-electron chi connectivity index (χ4n) is 0.734. The summed E-state index contributed by atoms with van der Waals surface area (Å²) >= 11 is 0. The molecule has 0 saturated heterocycles. The fourth-order valence-corrected chi connectivity index (χ4v) is 0.734. The summed E-state index contributed by atoms with van der Waals surface area (Å²) in [5, 5.41) is 6.60. The van der Waals surface area contributed by atoms with Crippen LogP contribution in [0.25, 0.3) is 0 Å². The fraction of sp³-hybridized carbons (Fsp3) is 0.600. The number of amides is 1. The van der Waals surface area contributed by atoms with E-state index in [0.29, 0.717) is 12.4 Å². The summed E-state index contributed by atoms with van der Waals surface area (Å²) in [7, 11) is 0. The third-order valence-corrected chi connectivity index (χ3v) is 1.54. The van der Waals surface area contributed by atoms with Gasteiger partial charge in [0.25, 0.3) is 0 Å². The van der Waals surface area contributed by atoms with Gasteiger partial charge in [-0.1, -0.05) is 0 Å². The Labute approximate surface area is 95.2 Å². The smallest absolute Gasteiger partial charge is 0.217 e. The first kappa shape index (κ1) is 14.3. The van der Waals surface area contributed by atoms with E-state index in [1.807, 2.05) is 0 Å². The first-order valence-electron chi connectivity index (χ1n) is 4.96. The van der Waals surface area contributed by atoms with Gasteiger partial charge in [0, 0.05) is 6.92 Å². The van der Waals surface area contributed by atoms with Crippen LogP contribution in [0.5, 0.6) is 0 Å². The molecule has 0 radical (unpaired) electrons. The molecule has 0 atom stereocenters. The summed E-state index contributed by atoms with van der Waals surface area (Å²) in [5.41, 5.74) is 3.43. The minimum atomic E-state index is -0.100. The molecular formula is C10H18N4O2. The number of hydrogen-bond acceptors (Lipinski definition) is 4. The molecule has 0 aliphatic heterocycles. The Morgan fingerprint density at radius 2 is 1.75 bits per heavy atom. The lowest BCUT2D eigenvalue weighted by atomic mass is 10.4. The average molecular weight is 226 g/mol. The first-order chi connectivity index (χ1) is 7.41. The zero-order valence-corrected chi connectivity index (χ0v) is 10.1. The first-order valence-corrected chi connectivity index (χ1v) is 4.96. The van der Waals surface area contributed by atoms with Crippen molar-refractivity contribution in [1.82, 2.24) is 10.7 Å². The van der Waals surface area contributed by atoms with Gasteiger partial charge in [0.15, 0.2) is 5.78 Å². The van der Waals surface area contributed by atoms with Crippen molar-refractivity contribution in [1.29, 1.82) is 0 Å². The number of carbonyl (C=O) groups excluding carboxylic acids is 2. The van der Waals surface area contributed by atoms with Crippen molar-refractivity contribution in [3.63, 3.8) is 0 Å². The second kappa shape index (κ2) is 7.56. The van der Waals surface area contributed by atoms with E-state index in [9.17, 15) is 9.59 Å². The Balaban J connectivity index is 4.00. The highest BCUT2D eigenvalue weighted by Crippen LogP contribution is 1.79. The number of Topliss-reactive ketones (excluding diaryl/α,β-unsaturated/α-hetero) is 1. The Morgan fingerprint density at radius 3 is 2.25 bits per heavy atom. The van der Waals surface area contributed by atoms with Crippen LogP contribution < -0.4 is 10.7 Å². The van der Waals surface area contributed by atoms with E-state index in [1.54, 1.807) is 13.8 Å². The summed E-state index contributed by atoms with van der Waals surface area (Å²) in [5.74, 6) is 0.467. The van der Waals surface area contributed by atoms with Crippen LogP contribution >= 0.6 is 0 Å². The average Bonchev–Trinajstić information content (AvgIpc) is 2.20. The molecule has 0 aliphatic carbocycles. The normalized spacial score (nSPS) is 12.2. The Hall–Kier alpha value is -1.72. The molecule has 16 heavy (non-hydrogen) atoms. The number of nitrogens with zero attached hydrogens (tertiary/aromatic N) is 2. The maximum absolute atomic E-state index is 10.6. The van der Waals surface area contributed by atoms with Crippen LogP contribution in [0.2, 0.25) is 0 Å². The van der Waals surface area contributed by atoms with Gasteiger partial charge in [-0.05, 0) is 20.8 Å². The molecule has 2 N–H and O–H groups in total. The molecule has 0 bridgehead atoms. The van der Waals surface area contributed by atoms with Gasteiger partial charge in [-0.15, -0.1) is 0 Å². The van der Waals surface area contributed by atoms with Crippen LogP contribution in [0.1, 0.15) is 27.7 Å². The molecule has 90 valence electrons. The lowest BCUT2D eigenvalue weighted by molar-refractivity contribution is -0.118. The van der Waals surface area contributed by atoms with E-state index in [-0.39, 0.29) is 18.2 Å². The van der Waals surface area contributed by atoms with Crippen molar-refractivity contribution in [2.45, 2.75) is 27.7 Å². The van der Waals surface area contributed by atoms with Crippen LogP contribution in [-0.2, 0) is 9.59 Å². The third kappa shape index (κ3) is 8.86. The van der Waals surface area contributed by atoms with Gasteiger partial charge in [0.05, 0.1) is 18.8 Å². The Morgan fingerprint density at radius 1 is 1.12 bits per heavy atom. The van der Waals surface area contributed by atoms with E-state index in [2.05, 4.69) is 20.8 Å². The van der Waals surface area contributed by atoms with Gasteiger partial charge >= 0.3 is 0 Å². The van der Waals surface area contributed by atoms with E-state index < -0.39 is 0 Å². The highest BCUT2D eigenvalue weighted by Gasteiger charge is 1.95. The number of hydrogen-bond donors (Lipinski definition) is 2. The summed E-state index contributed by atoms with van der Waals surface area (Å²) < 4.78 is 0. The van der Waals surface area contributed by atoms with Gasteiger partial charge in [0.2, 0.25) is 5.91 Å². The van der Waals surface area contributed by atoms with Crippen molar-refractivity contribution in [3.05, 3.63) is 0 Å². The van der Waals surface area contributed by atoms with Crippen LogP contribution in [0.3, 0.4) is 0 Å². The van der Waals surface area contributed by atoms with Crippen molar-refractivity contribution in [2.75, 3.05) is 13.1 Å².